The number of ether oxygens (including phenoxy) is 1. The van der Waals surface area contributed by atoms with Crippen molar-refractivity contribution in [2.75, 3.05) is 49.2 Å². The van der Waals surface area contributed by atoms with Crippen LogP contribution in [0.2, 0.25) is 0 Å². The zero-order valence-corrected chi connectivity index (χ0v) is 20.4. The van der Waals surface area contributed by atoms with Crippen LogP contribution in [0, 0.1) is 11.6 Å². The van der Waals surface area contributed by atoms with E-state index in [-0.39, 0.29) is 12.6 Å². The van der Waals surface area contributed by atoms with Gasteiger partial charge in [0.15, 0.2) is 22.8 Å². The van der Waals surface area contributed by atoms with Crippen molar-refractivity contribution in [3.63, 3.8) is 0 Å². The van der Waals surface area contributed by atoms with E-state index in [2.05, 4.69) is 9.47 Å². The van der Waals surface area contributed by atoms with E-state index in [1.165, 1.54) is 12.1 Å². The molecule has 0 atom stereocenters. The lowest BCUT2D eigenvalue weighted by Crippen LogP contribution is -2.37. The number of piperidine rings is 1. The van der Waals surface area contributed by atoms with Crippen LogP contribution in [0.15, 0.2) is 48.8 Å². The molecule has 2 aromatic heterocycles. The summed E-state index contributed by atoms with van der Waals surface area (Å²) in [4.78, 5) is 18.8. The lowest BCUT2D eigenvalue weighted by atomic mass is 10.0. The first-order valence-electron chi connectivity index (χ1n) is 12.6. The Hall–Kier alpha value is -3.63. The number of aliphatic hydroxyl groups is 1. The fraction of sp³-hybridized carbons (Fsp3) is 0.370. The third-order valence-electron chi connectivity index (χ3n) is 7.19. The van der Waals surface area contributed by atoms with E-state index in [4.69, 9.17) is 19.7 Å². The quantitative estimate of drug-likeness (QED) is 0.439. The molecule has 2 aromatic carbocycles. The molecule has 0 spiro atoms. The zero-order valence-electron chi connectivity index (χ0n) is 20.4. The second kappa shape index (κ2) is 10.0. The van der Waals surface area contributed by atoms with Crippen molar-refractivity contribution >= 4 is 22.7 Å². The van der Waals surface area contributed by atoms with Gasteiger partial charge in [-0.2, -0.15) is 0 Å². The molecule has 2 aliphatic rings. The third kappa shape index (κ3) is 4.62. The zero-order chi connectivity index (χ0) is 25.4. The molecule has 6 rings (SSSR count). The van der Waals surface area contributed by atoms with Gasteiger partial charge in [-0.3, -0.25) is 0 Å². The van der Waals surface area contributed by atoms with E-state index in [9.17, 15) is 13.9 Å². The molecule has 4 aromatic rings. The number of hydrogen-bond donors (Lipinski definition) is 1. The van der Waals surface area contributed by atoms with Crippen LogP contribution in [0.25, 0.3) is 22.6 Å². The number of rotatable bonds is 5. The number of imidazole rings is 1. The van der Waals surface area contributed by atoms with Gasteiger partial charge in [0.2, 0.25) is 0 Å². The van der Waals surface area contributed by atoms with Crippen LogP contribution in [0.1, 0.15) is 24.4 Å². The van der Waals surface area contributed by atoms with Gasteiger partial charge in [-0.15, -0.1) is 0 Å². The minimum absolute atomic E-state index is 0.0580. The summed E-state index contributed by atoms with van der Waals surface area (Å²) in [6, 6.07) is 11.5. The Morgan fingerprint density at radius 2 is 1.76 bits per heavy atom. The Labute approximate surface area is 213 Å². The van der Waals surface area contributed by atoms with Gasteiger partial charge in [-0.25, -0.2) is 23.7 Å². The monoisotopic (exact) mass is 506 g/mol. The molecule has 0 aliphatic carbocycles. The first-order chi connectivity index (χ1) is 18.1. The van der Waals surface area contributed by atoms with Gasteiger partial charge in [0, 0.05) is 43.9 Å². The Kier molecular flexibility index (Phi) is 6.43. The van der Waals surface area contributed by atoms with E-state index in [1.807, 2.05) is 35.5 Å². The van der Waals surface area contributed by atoms with Crippen molar-refractivity contribution in [3.8, 4) is 11.4 Å². The van der Waals surface area contributed by atoms with Gasteiger partial charge < -0.3 is 24.2 Å². The molecule has 4 heterocycles. The number of aliphatic hydroxyl groups excluding tert-OH is 1. The Morgan fingerprint density at radius 3 is 2.51 bits per heavy atom. The highest BCUT2D eigenvalue weighted by atomic mass is 19.1. The Bertz CT molecular complexity index is 1410. The predicted molar refractivity (Wildman–Crippen MR) is 137 cm³/mol. The fourth-order valence-electron chi connectivity index (χ4n) is 5.23. The maximum absolute atomic E-state index is 14.4. The molecule has 2 fully saturated rings. The van der Waals surface area contributed by atoms with E-state index in [0.29, 0.717) is 37.8 Å². The maximum atomic E-state index is 14.4. The van der Waals surface area contributed by atoms with Crippen molar-refractivity contribution in [1.82, 2.24) is 19.5 Å². The summed E-state index contributed by atoms with van der Waals surface area (Å²) in [5.74, 6) is 0.250. The highest BCUT2D eigenvalue weighted by molar-refractivity contribution is 5.86. The van der Waals surface area contributed by atoms with E-state index in [0.717, 1.165) is 60.1 Å². The summed E-state index contributed by atoms with van der Waals surface area (Å²) in [6.45, 7) is 3.91. The summed E-state index contributed by atoms with van der Waals surface area (Å²) in [6.07, 6.45) is 3.37. The van der Waals surface area contributed by atoms with Gasteiger partial charge in [0.25, 0.3) is 0 Å². The molecule has 0 unspecified atom stereocenters. The van der Waals surface area contributed by atoms with Crippen LogP contribution in [0.3, 0.4) is 0 Å². The van der Waals surface area contributed by atoms with Crippen molar-refractivity contribution < 1.29 is 18.6 Å². The molecule has 0 saturated carbocycles. The minimum atomic E-state index is -0.572. The molecule has 0 amide bonds. The van der Waals surface area contributed by atoms with E-state index >= 15 is 0 Å². The molecular weight excluding hydrogens is 478 g/mol. The fourth-order valence-corrected chi connectivity index (χ4v) is 5.23. The van der Waals surface area contributed by atoms with Crippen LogP contribution >= 0.6 is 0 Å². The first kappa shape index (κ1) is 23.7. The van der Waals surface area contributed by atoms with Gasteiger partial charge in [-0.05, 0) is 36.6 Å². The van der Waals surface area contributed by atoms with Crippen molar-refractivity contribution in [3.05, 3.63) is 66.0 Å². The normalized spacial score (nSPS) is 17.1. The van der Waals surface area contributed by atoms with Gasteiger partial charge >= 0.3 is 0 Å². The molecule has 0 radical (unpaired) electrons. The first-order valence-corrected chi connectivity index (χ1v) is 12.6. The molecule has 1 N–H and O–H groups in total. The molecule has 0 bridgehead atoms. The van der Waals surface area contributed by atoms with Gasteiger partial charge in [-0.1, -0.05) is 18.2 Å². The summed E-state index contributed by atoms with van der Waals surface area (Å²) >= 11 is 0. The smallest absolute Gasteiger partial charge is 0.166 e. The average Bonchev–Trinajstić information content (AvgIpc) is 3.37. The number of benzene rings is 2. The molecule has 10 heteroatoms. The number of morpholine rings is 1. The van der Waals surface area contributed by atoms with Crippen LogP contribution in [-0.4, -0.2) is 64.0 Å². The number of fused-ring (bicyclic) bond motifs is 1. The van der Waals surface area contributed by atoms with E-state index < -0.39 is 11.6 Å². The second-order valence-corrected chi connectivity index (χ2v) is 9.47. The lowest BCUT2D eigenvalue weighted by Gasteiger charge is -2.34. The molecule has 2 saturated heterocycles. The average molecular weight is 507 g/mol. The summed E-state index contributed by atoms with van der Waals surface area (Å²) < 4.78 is 35.4. The molecule has 8 nitrogen and oxygen atoms in total. The lowest BCUT2D eigenvalue weighted by molar-refractivity contribution is 0.122. The van der Waals surface area contributed by atoms with Crippen molar-refractivity contribution in [1.29, 1.82) is 0 Å². The largest absolute Gasteiger partial charge is 0.392 e. The predicted octanol–water partition coefficient (Wildman–Crippen LogP) is 3.94. The van der Waals surface area contributed by atoms with Gasteiger partial charge in [0.1, 0.15) is 11.6 Å². The summed E-state index contributed by atoms with van der Waals surface area (Å²) in [5.41, 5.74) is 3.56. The highest BCUT2D eigenvalue weighted by Crippen LogP contribution is 2.33. The highest BCUT2D eigenvalue weighted by Gasteiger charge is 2.27. The molecule has 2 aliphatic heterocycles. The van der Waals surface area contributed by atoms with Crippen molar-refractivity contribution in [2.45, 2.75) is 25.5 Å². The third-order valence-corrected chi connectivity index (χ3v) is 7.19. The summed E-state index contributed by atoms with van der Waals surface area (Å²) in [5, 5.41) is 9.63. The van der Waals surface area contributed by atoms with Crippen molar-refractivity contribution in [2.24, 2.45) is 0 Å². The SMILES string of the molecule is OCc1cccc(-c2nc(N3CCOCC3)c3ncn(C4CCN(c5ccc(F)cc5F)CC4)c3n2)c1. The number of nitrogens with zero attached hydrogens (tertiary/aromatic N) is 6. The van der Waals surface area contributed by atoms with Crippen LogP contribution in [0.4, 0.5) is 20.3 Å². The molecule has 37 heavy (non-hydrogen) atoms. The number of aromatic nitrogens is 4. The van der Waals surface area contributed by atoms with Crippen LogP contribution in [-0.2, 0) is 11.3 Å². The molecule has 192 valence electrons. The Morgan fingerprint density at radius 1 is 0.946 bits per heavy atom. The standard InChI is InChI=1S/C27H28F2N6O2/c28-20-4-5-23(22(29)15-20)33-8-6-21(7-9-33)35-17-30-24-26(34-10-12-37-13-11-34)31-25(32-27(24)35)19-3-1-2-18(14-19)16-36/h1-5,14-15,17,21,36H,6-13,16H2. The minimum Gasteiger partial charge on any atom is -0.392 e. The number of hydrogen-bond acceptors (Lipinski definition) is 7. The Balaban J connectivity index is 1.35. The molecular formula is C27H28F2N6O2. The second-order valence-electron chi connectivity index (χ2n) is 9.47. The van der Waals surface area contributed by atoms with E-state index in [1.54, 1.807) is 0 Å². The summed E-state index contributed by atoms with van der Waals surface area (Å²) in [7, 11) is 0. The maximum Gasteiger partial charge on any atom is 0.166 e. The number of anilines is 2. The van der Waals surface area contributed by atoms with Gasteiger partial charge in [0.05, 0.1) is 31.8 Å². The number of halogens is 2. The van der Waals surface area contributed by atoms with Crippen LogP contribution < -0.4 is 9.80 Å². The topological polar surface area (TPSA) is 79.5 Å². The van der Waals surface area contributed by atoms with Crippen LogP contribution in [0.5, 0.6) is 0 Å².